The van der Waals surface area contributed by atoms with E-state index < -0.39 is 32.4 Å². The number of hydrogen-bond donors (Lipinski definition) is 3. The Hall–Kier alpha value is -1.62. The fraction of sp³-hybridized carbons (Fsp3) is 0.500. The number of aliphatic hydroxyl groups excluding tert-OH is 1. The Bertz CT molecular complexity index is 782. The molecule has 0 aliphatic carbocycles. The van der Waals surface area contributed by atoms with Gasteiger partial charge in [-0.1, -0.05) is 0 Å². The van der Waals surface area contributed by atoms with Crippen LogP contribution in [0.2, 0.25) is 0 Å². The van der Waals surface area contributed by atoms with E-state index in [1.807, 2.05) is 0 Å². The van der Waals surface area contributed by atoms with E-state index in [9.17, 15) is 14.6 Å². The molecule has 0 bridgehead atoms. The number of anilines is 1. The van der Waals surface area contributed by atoms with Gasteiger partial charge in [0.2, 0.25) is 0 Å². The molecule has 118 valence electrons. The molecular weight excluding hydrogens is 317 g/mol. The van der Waals surface area contributed by atoms with Gasteiger partial charge in [-0.15, -0.1) is 0 Å². The van der Waals surface area contributed by atoms with Crippen molar-refractivity contribution in [2.75, 3.05) is 12.3 Å². The molecule has 0 radical (unpaired) electrons. The van der Waals surface area contributed by atoms with Crippen molar-refractivity contribution in [2.24, 2.45) is 0 Å². The minimum absolute atomic E-state index is 0.157. The molecule has 2 saturated heterocycles. The lowest BCUT2D eigenvalue weighted by molar-refractivity contribution is -0.0664. The van der Waals surface area contributed by atoms with Crippen molar-refractivity contribution in [3.63, 3.8) is 0 Å². The van der Waals surface area contributed by atoms with Gasteiger partial charge in [-0.2, -0.15) is 0 Å². The summed E-state index contributed by atoms with van der Waals surface area (Å²) in [6.07, 6.45) is -1.07. The van der Waals surface area contributed by atoms with Gasteiger partial charge in [0.05, 0.1) is 12.9 Å². The minimum Gasteiger partial charge on any atom is -0.386 e. The van der Waals surface area contributed by atoms with Gasteiger partial charge in [-0.3, -0.25) is 13.6 Å². The van der Waals surface area contributed by atoms with Crippen molar-refractivity contribution >= 4 is 24.8 Å². The monoisotopic (exact) mass is 329 g/mol. The first-order valence-electron chi connectivity index (χ1n) is 6.38. The van der Waals surface area contributed by atoms with Crippen LogP contribution in [0.3, 0.4) is 0 Å². The first-order valence-corrected chi connectivity index (χ1v) is 7.88. The summed E-state index contributed by atoms with van der Waals surface area (Å²) >= 11 is 0. The van der Waals surface area contributed by atoms with Gasteiger partial charge in [0.1, 0.15) is 30.2 Å². The normalized spacial score (nSPS) is 38.3. The zero-order valence-electron chi connectivity index (χ0n) is 11.0. The predicted octanol–water partition coefficient (Wildman–Crippen LogP) is -0.817. The maximum Gasteiger partial charge on any atom is 0.472 e. The summed E-state index contributed by atoms with van der Waals surface area (Å²) in [5, 5.41) is 10.4. The first-order chi connectivity index (χ1) is 10.5. The molecule has 4 rings (SSSR count). The molecule has 2 aromatic heterocycles. The molecule has 2 aliphatic rings. The summed E-state index contributed by atoms with van der Waals surface area (Å²) < 4.78 is 28.2. The number of aromatic nitrogens is 4. The highest BCUT2D eigenvalue weighted by Gasteiger charge is 2.52. The molecule has 11 nitrogen and oxygen atoms in total. The van der Waals surface area contributed by atoms with E-state index in [4.69, 9.17) is 15.0 Å². The van der Waals surface area contributed by atoms with E-state index in [2.05, 4.69) is 19.5 Å². The van der Waals surface area contributed by atoms with Gasteiger partial charge in [0, 0.05) is 0 Å². The molecule has 4 N–H and O–H groups in total. The second-order valence-electron chi connectivity index (χ2n) is 4.97. The van der Waals surface area contributed by atoms with E-state index >= 15 is 0 Å². The number of phosphoric ester groups is 1. The maximum absolute atomic E-state index is 11.5. The number of rotatable bonds is 1. The summed E-state index contributed by atoms with van der Waals surface area (Å²) in [5.74, 6) is 0.202. The Labute approximate surface area is 123 Å². The van der Waals surface area contributed by atoms with Gasteiger partial charge in [-0.05, 0) is 0 Å². The lowest BCUT2D eigenvalue weighted by atomic mass is 10.1. The SMILES string of the molecule is Nc1ncnc2c1ncn2[C@@H]1O[C@@H]2COP(=O)(O)O[C@@H]2[C@@H]1O. The zero-order chi connectivity index (χ0) is 15.5. The van der Waals surface area contributed by atoms with Crippen molar-refractivity contribution in [3.05, 3.63) is 12.7 Å². The quantitative estimate of drug-likeness (QED) is 0.565. The number of hydrogen-bond acceptors (Lipinski definition) is 9. The molecule has 22 heavy (non-hydrogen) atoms. The van der Waals surface area contributed by atoms with Crippen molar-refractivity contribution < 1.29 is 28.3 Å². The summed E-state index contributed by atoms with van der Waals surface area (Å²) in [4.78, 5) is 21.3. The summed E-state index contributed by atoms with van der Waals surface area (Å²) in [6, 6.07) is 0. The van der Waals surface area contributed by atoms with Crippen LogP contribution in [0.25, 0.3) is 11.2 Å². The van der Waals surface area contributed by atoms with E-state index in [-0.39, 0.29) is 12.4 Å². The highest BCUT2D eigenvalue weighted by Crippen LogP contribution is 2.52. The molecule has 0 spiro atoms. The average Bonchev–Trinajstić information content (AvgIpc) is 3.01. The van der Waals surface area contributed by atoms with Gasteiger partial charge in [0.25, 0.3) is 0 Å². The van der Waals surface area contributed by atoms with Crippen LogP contribution >= 0.6 is 7.82 Å². The summed E-state index contributed by atoms with van der Waals surface area (Å²) in [6.45, 7) is -0.157. The zero-order valence-corrected chi connectivity index (χ0v) is 11.9. The highest BCUT2D eigenvalue weighted by molar-refractivity contribution is 7.47. The fourth-order valence-electron chi connectivity index (χ4n) is 2.62. The van der Waals surface area contributed by atoms with Gasteiger partial charge >= 0.3 is 7.82 Å². The number of nitrogens with zero attached hydrogens (tertiary/aromatic N) is 4. The number of nitrogens with two attached hydrogens (primary N) is 1. The third kappa shape index (κ3) is 2.02. The van der Waals surface area contributed by atoms with E-state index in [0.717, 1.165) is 0 Å². The number of nitrogen functional groups attached to an aromatic ring is 1. The number of aliphatic hydroxyl groups is 1. The Balaban J connectivity index is 1.71. The Morgan fingerprint density at radius 2 is 2.23 bits per heavy atom. The molecule has 2 aromatic rings. The number of imidazole rings is 1. The van der Waals surface area contributed by atoms with Crippen LogP contribution in [-0.4, -0.2) is 54.4 Å². The maximum atomic E-state index is 11.5. The van der Waals surface area contributed by atoms with Crippen LogP contribution in [0, 0.1) is 0 Å². The molecule has 5 atom stereocenters. The minimum atomic E-state index is -4.16. The molecule has 0 amide bonds. The Morgan fingerprint density at radius 3 is 3.05 bits per heavy atom. The molecule has 2 fully saturated rings. The van der Waals surface area contributed by atoms with E-state index in [0.29, 0.717) is 11.2 Å². The van der Waals surface area contributed by atoms with Gasteiger partial charge in [0.15, 0.2) is 17.7 Å². The van der Waals surface area contributed by atoms with Gasteiger partial charge in [-0.25, -0.2) is 19.5 Å². The van der Waals surface area contributed by atoms with Crippen LogP contribution in [-0.2, 0) is 18.3 Å². The summed E-state index contributed by atoms with van der Waals surface area (Å²) in [5.41, 5.74) is 6.46. The molecule has 0 aromatic carbocycles. The second kappa shape index (κ2) is 4.69. The molecular formula is C10H12N5O6P. The molecule has 12 heteroatoms. The lowest BCUT2D eigenvalue weighted by Gasteiger charge is -2.27. The second-order valence-corrected chi connectivity index (χ2v) is 6.38. The third-order valence-corrected chi connectivity index (χ3v) is 4.61. The highest BCUT2D eigenvalue weighted by atomic mass is 31.2. The molecule has 4 heterocycles. The topological polar surface area (TPSA) is 155 Å². The standard InChI is InChI=1S/C10H12N5O6P/c11-8-5-9(13-2-12-8)15(3-14-5)10-6(16)7-4(20-10)1-19-22(17,18)21-7/h2-4,6-7,10,16H,1H2,(H,17,18)(H2,11,12,13)/t4-,6+,7+,10-/m1/s1. The van der Waals surface area contributed by atoms with Crippen LogP contribution in [0.4, 0.5) is 5.82 Å². The van der Waals surface area contributed by atoms with E-state index in [1.54, 1.807) is 0 Å². The van der Waals surface area contributed by atoms with Crippen molar-refractivity contribution in [3.8, 4) is 0 Å². The smallest absolute Gasteiger partial charge is 0.386 e. The van der Waals surface area contributed by atoms with Crippen LogP contribution in [0.15, 0.2) is 12.7 Å². The van der Waals surface area contributed by atoms with E-state index in [1.165, 1.54) is 17.2 Å². The molecule has 2 aliphatic heterocycles. The largest absolute Gasteiger partial charge is 0.472 e. The van der Waals surface area contributed by atoms with Crippen molar-refractivity contribution in [1.82, 2.24) is 19.5 Å². The predicted molar refractivity (Wildman–Crippen MR) is 70.3 cm³/mol. The van der Waals surface area contributed by atoms with Crippen LogP contribution < -0.4 is 5.73 Å². The van der Waals surface area contributed by atoms with Gasteiger partial charge < -0.3 is 20.5 Å². The van der Waals surface area contributed by atoms with Crippen molar-refractivity contribution in [2.45, 2.75) is 24.5 Å². The molecule has 0 saturated carbocycles. The van der Waals surface area contributed by atoms with Crippen LogP contribution in [0.5, 0.6) is 0 Å². The summed E-state index contributed by atoms with van der Waals surface area (Å²) in [7, 11) is -4.16. The number of ether oxygens (including phenoxy) is 1. The van der Waals surface area contributed by atoms with Crippen molar-refractivity contribution in [1.29, 1.82) is 0 Å². The Kier molecular flexibility index (Phi) is 2.98. The molecule has 1 unspecified atom stereocenters. The first kappa shape index (κ1) is 14.0. The Morgan fingerprint density at radius 1 is 1.41 bits per heavy atom. The lowest BCUT2D eigenvalue weighted by Crippen LogP contribution is -2.39. The number of phosphoric acid groups is 1. The number of fused-ring (bicyclic) bond motifs is 2. The van der Waals surface area contributed by atoms with Crippen LogP contribution in [0.1, 0.15) is 6.23 Å². The average molecular weight is 329 g/mol. The third-order valence-electron chi connectivity index (χ3n) is 3.63. The fourth-order valence-corrected chi connectivity index (χ4v) is 3.59.